The topological polar surface area (TPSA) is 55.4 Å². The number of halogens is 2. The molecule has 0 heterocycles. The van der Waals surface area contributed by atoms with E-state index in [9.17, 15) is 9.59 Å². The van der Waals surface area contributed by atoms with Crippen molar-refractivity contribution in [3.63, 3.8) is 0 Å². The van der Waals surface area contributed by atoms with Crippen molar-refractivity contribution in [2.24, 2.45) is 0 Å². The summed E-state index contributed by atoms with van der Waals surface area (Å²) < 4.78 is 4.85. The molecule has 0 unspecified atom stereocenters. The maximum Gasteiger partial charge on any atom is 0.331 e. The Bertz CT molecular complexity index is 710. The summed E-state index contributed by atoms with van der Waals surface area (Å²) >= 11 is 11.9. The molecule has 0 aliphatic heterocycles. The van der Waals surface area contributed by atoms with E-state index in [0.717, 1.165) is 5.56 Å². The monoisotopic (exact) mass is 349 g/mol. The summed E-state index contributed by atoms with van der Waals surface area (Å²) in [6.45, 7) is -0.431. The first-order valence-electron chi connectivity index (χ1n) is 6.70. The molecule has 23 heavy (non-hydrogen) atoms. The number of rotatable bonds is 5. The van der Waals surface area contributed by atoms with E-state index in [4.69, 9.17) is 27.9 Å². The van der Waals surface area contributed by atoms with Gasteiger partial charge in [-0.1, -0.05) is 59.6 Å². The second-order valence-corrected chi connectivity index (χ2v) is 5.31. The van der Waals surface area contributed by atoms with Gasteiger partial charge in [-0.05, 0) is 23.8 Å². The van der Waals surface area contributed by atoms with Crippen LogP contribution in [0.2, 0.25) is 10.0 Å². The molecule has 6 heteroatoms. The van der Waals surface area contributed by atoms with Crippen LogP contribution >= 0.6 is 23.2 Å². The molecule has 0 atom stereocenters. The lowest BCUT2D eigenvalue weighted by atomic mass is 10.2. The van der Waals surface area contributed by atoms with E-state index in [2.05, 4.69) is 5.32 Å². The van der Waals surface area contributed by atoms with Gasteiger partial charge in [-0.3, -0.25) is 4.79 Å². The first-order valence-corrected chi connectivity index (χ1v) is 7.45. The summed E-state index contributed by atoms with van der Waals surface area (Å²) in [6.07, 6.45) is 2.86. The van der Waals surface area contributed by atoms with E-state index in [1.165, 1.54) is 6.08 Å². The zero-order chi connectivity index (χ0) is 16.7. The highest BCUT2D eigenvalue weighted by Gasteiger charge is 2.10. The molecule has 0 radical (unpaired) electrons. The summed E-state index contributed by atoms with van der Waals surface area (Å²) in [6, 6.07) is 14.1. The van der Waals surface area contributed by atoms with Crippen molar-refractivity contribution in [3.05, 3.63) is 70.2 Å². The average Bonchev–Trinajstić information content (AvgIpc) is 2.55. The van der Waals surface area contributed by atoms with Crippen LogP contribution in [0.3, 0.4) is 0 Å². The van der Waals surface area contributed by atoms with Crippen LogP contribution in [-0.4, -0.2) is 18.5 Å². The van der Waals surface area contributed by atoms with Crippen LogP contribution in [0.25, 0.3) is 6.08 Å². The van der Waals surface area contributed by atoms with E-state index in [1.807, 2.05) is 30.3 Å². The van der Waals surface area contributed by atoms with Crippen molar-refractivity contribution in [2.45, 2.75) is 0 Å². The molecule has 0 bridgehead atoms. The number of ether oxygens (including phenoxy) is 1. The Kier molecular flexibility index (Phi) is 6.20. The fraction of sp³-hybridized carbons (Fsp3) is 0.0588. The van der Waals surface area contributed by atoms with Crippen LogP contribution in [-0.2, 0) is 14.3 Å². The number of nitrogens with one attached hydrogen (secondary N) is 1. The third-order valence-corrected chi connectivity index (χ3v) is 3.41. The number of benzene rings is 2. The molecule has 2 aromatic rings. The Balaban J connectivity index is 1.85. The highest BCUT2D eigenvalue weighted by atomic mass is 35.5. The average molecular weight is 350 g/mol. The van der Waals surface area contributed by atoms with E-state index in [1.54, 1.807) is 24.3 Å². The molecule has 2 rings (SSSR count). The van der Waals surface area contributed by atoms with Crippen molar-refractivity contribution in [3.8, 4) is 0 Å². The lowest BCUT2D eigenvalue weighted by Gasteiger charge is -2.08. The second kappa shape index (κ2) is 8.36. The standard InChI is InChI=1S/C17H13Cl2NO3/c18-13-7-4-8-14(19)17(13)20-15(21)11-23-16(22)10-9-12-5-2-1-3-6-12/h1-10H,11H2,(H,20,21)/b10-9+. The van der Waals surface area contributed by atoms with Gasteiger partial charge in [0.1, 0.15) is 0 Å². The van der Waals surface area contributed by atoms with Gasteiger partial charge < -0.3 is 10.1 Å². The largest absolute Gasteiger partial charge is 0.452 e. The molecule has 0 aromatic heterocycles. The lowest BCUT2D eigenvalue weighted by Crippen LogP contribution is -2.20. The fourth-order valence-electron chi connectivity index (χ4n) is 1.71. The highest BCUT2D eigenvalue weighted by molar-refractivity contribution is 6.39. The van der Waals surface area contributed by atoms with Crippen LogP contribution in [0.1, 0.15) is 5.56 Å². The van der Waals surface area contributed by atoms with Crippen molar-refractivity contribution < 1.29 is 14.3 Å². The minimum Gasteiger partial charge on any atom is -0.452 e. The number of hydrogen-bond donors (Lipinski definition) is 1. The van der Waals surface area contributed by atoms with E-state index >= 15 is 0 Å². The zero-order valence-electron chi connectivity index (χ0n) is 12.0. The normalized spacial score (nSPS) is 10.5. The van der Waals surface area contributed by atoms with Gasteiger partial charge in [-0.15, -0.1) is 0 Å². The number of para-hydroxylation sites is 1. The number of amides is 1. The summed E-state index contributed by atoms with van der Waals surface area (Å²) in [5.74, 6) is -1.14. The third-order valence-electron chi connectivity index (χ3n) is 2.78. The van der Waals surface area contributed by atoms with E-state index in [-0.39, 0.29) is 5.69 Å². The van der Waals surface area contributed by atoms with Gasteiger partial charge in [-0.25, -0.2) is 4.79 Å². The van der Waals surface area contributed by atoms with Gasteiger partial charge in [0.05, 0.1) is 15.7 Å². The molecule has 0 aliphatic carbocycles. The maximum atomic E-state index is 11.8. The smallest absolute Gasteiger partial charge is 0.331 e. The Hall–Kier alpha value is -2.30. The van der Waals surface area contributed by atoms with Crippen molar-refractivity contribution >= 4 is 46.8 Å². The molecule has 2 aromatic carbocycles. The van der Waals surface area contributed by atoms with Gasteiger partial charge in [0, 0.05) is 6.08 Å². The van der Waals surface area contributed by atoms with Gasteiger partial charge in [0.2, 0.25) is 0 Å². The maximum absolute atomic E-state index is 11.8. The summed E-state index contributed by atoms with van der Waals surface area (Å²) in [4.78, 5) is 23.3. The SMILES string of the molecule is O=C(COC(=O)/C=C/c1ccccc1)Nc1c(Cl)cccc1Cl. The number of hydrogen-bond acceptors (Lipinski definition) is 3. The first kappa shape index (κ1) is 17.1. The Labute approximate surface area is 143 Å². The summed E-state index contributed by atoms with van der Waals surface area (Å²) in [5, 5.41) is 3.12. The van der Waals surface area contributed by atoms with E-state index in [0.29, 0.717) is 10.0 Å². The minimum atomic E-state index is -0.616. The van der Waals surface area contributed by atoms with Gasteiger partial charge in [0.25, 0.3) is 5.91 Å². The minimum absolute atomic E-state index is 0.289. The Morgan fingerprint density at radius 1 is 1.00 bits per heavy atom. The van der Waals surface area contributed by atoms with Crippen molar-refractivity contribution in [1.29, 1.82) is 0 Å². The molecule has 4 nitrogen and oxygen atoms in total. The van der Waals surface area contributed by atoms with Crippen LogP contribution in [0.15, 0.2) is 54.6 Å². The fourth-order valence-corrected chi connectivity index (χ4v) is 2.20. The molecule has 118 valence electrons. The number of esters is 1. The van der Waals surface area contributed by atoms with Crippen LogP contribution in [0.4, 0.5) is 5.69 Å². The first-order chi connectivity index (χ1) is 11.1. The van der Waals surface area contributed by atoms with Crippen LogP contribution in [0, 0.1) is 0 Å². The van der Waals surface area contributed by atoms with Gasteiger partial charge >= 0.3 is 5.97 Å². The predicted molar refractivity (Wildman–Crippen MR) is 91.5 cm³/mol. The van der Waals surface area contributed by atoms with Crippen LogP contribution < -0.4 is 5.32 Å². The van der Waals surface area contributed by atoms with Crippen molar-refractivity contribution in [1.82, 2.24) is 0 Å². The summed E-state index contributed by atoms with van der Waals surface area (Å²) in [7, 11) is 0. The number of carbonyl (C=O) groups is 2. The van der Waals surface area contributed by atoms with Gasteiger partial charge in [0.15, 0.2) is 6.61 Å². The molecule has 1 amide bonds. The van der Waals surface area contributed by atoms with Gasteiger partial charge in [-0.2, -0.15) is 0 Å². The molecule has 0 saturated carbocycles. The Morgan fingerprint density at radius 3 is 2.30 bits per heavy atom. The lowest BCUT2D eigenvalue weighted by molar-refractivity contribution is -0.142. The molecular formula is C17H13Cl2NO3. The molecule has 0 aliphatic rings. The quantitative estimate of drug-likeness (QED) is 0.650. The zero-order valence-corrected chi connectivity index (χ0v) is 13.5. The highest BCUT2D eigenvalue weighted by Crippen LogP contribution is 2.29. The second-order valence-electron chi connectivity index (χ2n) is 4.50. The molecule has 0 fully saturated rings. The number of anilines is 1. The number of carbonyl (C=O) groups excluding carboxylic acids is 2. The molecular weight excluding hydrogens is 337 g/mol. The molecule has 0 spiro atoms. The van der Waals surface area contributed by atoms with Crippen molar-refractivity contribution in [2.75, 3.05) is 11.9 Å². The molecule has 1 N–H and O–H groups in total. The van der Waals surface area contributed by atoms with E-state index < -0.39 is 18.5 Å². The Morgan fingerprint density at radius 2 is 1.65 bits per heavy atom. The third kappa shape index (κ3) is 5.43. The summed E-state index contributed by atoms with van der Waals surface area (Å²) in [5.41, 5.74) is 1.15. The van der Waals surface area contributed by atoms with Crippen LogP contribution in [0.5, 0.6) is 0 Å². The predicted octanol–water partition coefficient (Wildman–Crippen LogP) is 4.19. The molecule has 0 saturated heterocycles.